The van der Waals surface area contributed by atoms with Crippen LogP contribution in [0.3, 0.4) is 0 Å². The van der Waals surface area contributed by atoms with Gasteiger partial charge < -0.3 is 10.4 Å². The Balaban J connectivity index is 1.84. The standard InChI is InChI=1S/C20H30N4O3/c1-16-6-8-17(9-7-16)5-4-11-24(13-14-25)12-10-21-18-15-19(26)23(3)20(27)22(18)2/h6-9,15,21,25H,4-5,10-14H2,1-3H3. The van der Waals surface area contributed by atoms with Gasteiger partial charge in [0.1, 0.15) is 5.82 Å². The second kappa shape index (κ2) is 10.1. The highest BCUT2D eigenvalue weighted by atomic mass is 16.3. The fraction of sp³-hybridized carbons (Fsp3) is 0.500. The largest absolute Gasteiger partial charge is 0.395 e. The second-order valence-electron chi connectivity index (χ2n) is 6.85. The SMILES string of the molecule is Cc1ccc(CCCN(CCO)CCNc2cc(=O)n(C)c(=O)n2C)cc1. The van der Waals surface area contributed by atoms with E-state index in [-0.39, 0.29) is 17.9 Å². The van der Waals surface area contributed by atoms with Crippen molar-refractivity contribution >= 4 is 5.82 Å². The number of aliphatic hydroxyl groups is 1. The molecule has 7 nitrogen and oxygen atoms in total. The summed E-state index contributed by atoms with van der Waals surface area (Å²) in [5.41, 5.74) is 1.90. The number of aromatic nitrogens is 2. The van der Waals surface area contributed by atoms with Crippen LogP contribution in [0.15, 0.2) is 39.9 Å². The van der Waals surface area contributed by atoms with Gasteiger partial charge in [0.05, 0.1) is 6.61 Å². The second-order valence-corrected chi connectivity index (χ2v) is 6.85. The van der Waals surface area contributed by atoms with Gasteiger partial charge in [-0.15, -0.1) is 0 Å². The van der Waals surface area contributed by atoms with Crippen LogP contribution in [0.1, 0.15) is 17.5 Å². The molecule has 1 aromatic heterocycles. The van der Waals surface area contributed by atoms with E-state index in [9.17, 15) is 14.7 Å². The third-order valence-corrected chi connectivity index (χ3v) is 4.74. The topological polar surface area (TPSA) is 79.5 Å². The Morgan fingerprint density at radius 3 is 2.41 bits per heavy atom. The Morgan fingerprint density at radius 1 is 1.04 bits per heavy atom. The number of rotatable bonds is 10. The van der Waals surface area contributed by atoms with E-state index in [1.165, 1.54) is 28.8 Å². The van der Waals surface area contributed by atoms with E-state index in [0.29, 0.717) is 18.9 Å². The van der Waals surface area contributed by atoms with Crippen LogP contribution in [-0.4, -0.2) is 51.9 Å². The molecule has 0 spiro atoms. The van der Waals surface area contributed by atoms with Gasteiger partial charge in [0.25, 0.3) is 5.56 Å². The molecule has 2 rings (SSSR count). The quantitative estimate of drug-likeness (QED) is 0.641. The predicted molar refractivity (Wildman–Crippen MR) is 108 cm³/mol. The van der Waals surface area contributed by atoms with Crippen LogP contribution >= 0.6 is 0 Å². The molecule has 0 radical (unpaired) electrons. The number of aryl methyl sites for hydroxylation is 2. The zero-order chi connectivity index (χ0) is 19.8. The van der Waals surface area contributed by atoms with E-state index >= 15 is 0 Å². The summed E-state index contributed by atoms with van der Waals surface area (Å²) in [7, 11) is 3.10. The maximum Gasteiger partial charge on any atom is 0.332 e. The summed E-state index contributed by atoms with van der Waals surface area (Å²) in [6, 6.07) is 9.99. The minimum atomic E-state index is -0.352. The Hall–Kier alpha value is -2.38. The first kappa shape index (κ1) is 20.9. The van der Waals surface area contributed by atoms with Crippen molar-refractivity contribution in [3.05, 3.63) is 62.3 Å². The summed E-state index contributed by atoms with van der Waals surface area (Å²) in [5.74, 6) is 0.506. The van der Waals surface area contributed by atoms with E-state index < -0.39 is 0 Å². The molecule has 0 saturated heterocycles. The van der Waals surface area contributed by atoms with Crippen LogP contribution in [0.2, 0.25) is 0 Å². The lowest BCUT2D eigenvalue weighted by Gasteiger charge is -2.22. The molecule has 7 heteroatoms. The zero-order valence-electron chi connectivity index (χ0n) is 16.4. The van der Waals surface area contributed by atoms with Crippen molar-refractivity contribution in [1.29, 1.82) is 0 Å². The Kier molecular flexibility index (Phi) is 7.82. The maximum absolute atomic E-state index is 11.9. The van der Waals surface area contributed by atoms with E-state index in [1.807, 2.05) is 0 Å². The molecule has 0 unspecified atom stereocenters. The summed E-state index contributed by atoms with van der Waals surface area (Å²) < 4.78 is 2.50. The van der Waals surface area contributed by atoms with Crippen molar-refractivity contribution in [2.45, 2.75) is 19.8 Å². The smallest absolute Gasteiger partial charge is 0.332 e. The third-order valence-electron chi connectivity index (χ3n) is 4.74. The summed E-state index contributed by atoms with van der Waals surface area (Å²) in [6.45, 7) is 4.98. The van der Waals surface area contributed by atoms with Crippen LogP contribution in [0.25, 0.3) is 0 Å². The van der Waals surface area contributed by atoms with Gasteiger partial charge in [-0.25, -0.2) is 4.79 Å². The van der Waals surface area contributed by atoms with Crippen molar-refractivity contribution < 1.29 is 5.11 Å². The number of hydrogen-bond acceptors (Lipinski definition) is 5. The summed E-state index contributed by atoms with van der Waals surface area (Å²) >= 11 is 0. The number of benzene rings is 1. The summed E-state index contributed by atoms with van der Waals surface area (Å²) in [4.78, 5) is 25.9. The van der Waals surface area contributed by atoms with Crippen LogP contribution in [-0.2, 0) is 20.5 Å². The lowest BCUT2D eigenvalue weighted by atomic mass is 10.1. The summed E-state index contributed by atoms with van der Waals surface area (Å²) in [6.07, 6.45) is 2.01. The van der Waals surface area contributed by atoms with Crippen LogP contribution in [0.5, 0.6) is 0 Å². The predicted octanol–water partition coefficient (Wildman–Crippen LogP) is 0.731. The molecular weight excluding hydrogens is 344 g/mol. The van der Waals surface area contributed by atoms with Crippen molar-refractivity contribution in [3.8, 4) is 0 Å². The molecule has 0 saturated carbocycles. The number of anilines is 1. The van der Waals surface area contributed by atoms with E-state index in [0.717, 1.165) is 30.5 Å². The average molecular weight is 374 g/mol. The molecule has 0 aliphatic carbocycles. The van der Waals surface area contributed by atoms with Gasteiger partial charge >= 0.3 is 5.69 Å². The number of hydrogen-bond donors (Lipinski definition) is 2. The van der Waals surface area contributed by atoms with Gasteiger partial charge in [0, 0.05) is 39.8 Å². The van der Waals surface area contributed by atoms with Gasteiger partial charge in [-0.2, -0.15) is 0 Å². The van der Waals surface area contributed by atoms with Crippen LogP contribution in [0, 0.1) is 6.92 Å². The molecule has 2 aromatic rings. The molecular formula is C20H30N4O3. The summed E-state index contributed by atoms with van der Waals surface area (Å²) in [5, 5.41) is 12.4. The third kappa shape index (κ3) is 6.08. The zero-order valence-corrected chi connectivity index (χ0v) is 16.4. The fourth-order valence-electron chi connectivity index (χ4n) is 2.98. The Bertz CT molecular complexity index is 840. The highest BCUT2D eigenvalue weighted by Crippen LogP contribution is 2.06. The van der Waals surface area contributed by atoms with E-state index in [4.69, 9.17) is 0 Å². The average Bonchev–Trinajstić information content (AvgIpc) is 2.65. The molecule has 0 aliphatic heterocycles. The van der Waals surface area contributed by atoms with Crippen LogP contribution < -0.4 is 16.6 Å². The van der Waals surface area contributed by atoms with Crippen LogP contribution in [0.4, 0.5) is 5.82 Å². The van der Waals surface area contributed by atoms with Crippen molar-refractivity contribution in [2.75, 3.05) is 38.1 Å². The first-order valence-corrected chi connectivity index (χ1v) is 9.32. The van der Waals surface area contributed by atoms with Gasteiger partial charge in [0.2, 0.25) is 0 Å². The molecule has 0 aliphatic rings. The molecule has 2 N–H and O–H groups in total. The molecule has 0 amide bonds. The fourth-order valence-corrected chi connectivity index (χ4v) is 2.98. The van der Waals surface area contributed by atoms with Crippen molar-refractivity contribution in [3.63, 3.8) is 0 Å². The molecule has 1 heterocycles. The monoisotopic (exact) mass is 374 g/mol. The Morgan fingerprint density at radius 2 is 1.74 bits per heavy atom. The molecule has 0 fully saturated rings. The first-order chi connectivity index (χ1) is 12.9. The maximum atomic E-state index is 11.9. The lowest BCUT2D eigenvalue weighted by Crippen LogP contribution is -2.38. The molecule has 0 atom stereocenters. The Labute approximate surface area is 159 Å². The van der Waals surface area contributed by atoms with E-state index in [1.54, 1.807) is 7.05 Å². The highest BCUT2D eigenvalue weighted by molar-refractivity contribution is 5.33. The van der Waals surface area contributed by atoms with Crippen molar-refractivity contribution in [2.24, 2.45) is 14.1 Å². The normalized spacial score (nSPS) is 11.1. The number of aliphatic hydroxyl groups excluding tert-OH is 1. The van der Waals surface area contributed by atoms with Gasteiger partial charge in [-0.05, 0) is 31.9 Å². The lowest BCUT2D eigenvalue weighted by molar-refractivity contribution is 0.199. The highest BCUT2D eigenvalue weighted by Gasteiger charge is 2.07. The van der Waals surface area contributed by atoms with Gasteiger partial charge in [-0.1, -0.05) is 29.8 Å². The number of nitrogens with zero attached hydrogens (tertiary/aromatic N) is 3. The van der Waals surface area contributed by atoms with Crippen molar-refractivity contribution in [1.82, 2.24) is 14.0 Å². The van der Waals surface area contributed by atoms with Gasteiger partial charge in [0.15, 0.2) is 0 Å². The molecule has 148 valence electrons. The molecule has 1 aromatic carbocycles. The minimum absolute atomic E-state index is 0.106. The molecule has 0 bridgehead atoms. The number of nitrogens with one attached hydrogen (secondary N) is 1. The van der Waals surface area contributed by atoms with E-state index in [2.05, 4.69) is 41.4 Å². The minimum Gasteiger partial charge on any atom is -0.395 e. The van der Waals surface area contributed by atoms with Gasteiger partial charge in [-0.3, -0.25) is 18.8 Å². The molecule has 27 heavy (non-hydrogen) atoms. The first-order valence-electron chi connectivity index (χ1n) is 9.32.